The van der Waals surface area contributed by atoms with E-state index in [2.05, 4.69) is 18.9 Å². The van der Waals surface area contributed by atoms with Crippen molar-refractivity contribution in [3.05, 3.63) is 0 Å². The maximum atomic E-state index is 12.5. The third kappa shape index (κ3) is 9.61. The van der Waals surface area contributed by atoms with Crippen molar-refractivity contribution in [2.24, 2.45) is 0 Å². The lowest BCUT2D eigenvalue weighted by Crippen LogP contribution is -2.28. The molecule has 0 fully saturated rings. The van der Waals surface area contributed by atoms with Crippen LogP contribution in [0.15, 0.2) is 0 Å². The Hall–Kier alpha value is 0.110. The van der Waals surface area contributed by atoms with E-state index in [1.165, 1.54) is 12.8 Å². The van der Waals surface area contributed by atoms with E-state index in [9.17, 15) is 4.57 Å². The Morgan fingerprint density at radius 2 is 1.42 bits per heavy atom. The van der Waals surface area contributed by atoms with Gasteiger partial charge in [0.1, 0.15) is 0 Å². The monoisotopic (exact) mass is 293 g/mol. The van der Waals surface area contributed by atoms with Gasteiger partial charge in [-0.1, -0.05) is 46.0 Å². The predicted molar refractivity (Wildman–Crippen MR) is 81.4 cm³/mol. The molecule has 0 aliphatic rings. The van der Waals surface area contributed by atoms with Crippen LogP contribution in [-0.4, -0.2) is 19.3 Å². The lowest BCUT2D eigenvalue weighted by molar-refractivity contribution is 0.204. The first-order valence-electron chi connectivity index (χ1n) is 7.78. The number of hydrogen-bond acceptors (Lipinski definition) is 3. The molecule has 0 spiro atoms. The van der Waals surface area contributed by atoms with E-state index < -0.39 is 7.75 Å². The van der Waals surface area contributed by atoms with Gasteiger partial charge >= 0.3 is 7.75 Å². The van der Waals surface area contributed by atoms with Crippen molar-refractivity contribution in [2.75, 3.05) is 13.2 Å². The van der Waals surface area contributed by atoms with E-state index >= 15 is 0 Å². The number of unbranched alkanes of at least 4 members (excludes halogenated alkanes) is 3. The first-order valence-corrected chi connectivity index (χ1v) is 9.32. The SMILES string of the molecule is CCCCCC(CCCC)NP(=O)(OCC)OCC. The highest BCUT2D eigenvalue weighted by atomic mass is 31.2. The normalized spacial score (nSPS) is 13.7. The average molecular weight is 293 g/mol. The fraction of sp³-hybridized carbons (Fsp3) is 1.00. The summed E-state index contributed by atoms with van der Waals surface area (Å²) in [6, 6.07) is 0.232. The van der Waals surface area contributed by atoms with Gasteiger partial charge in [-0.15, -0.1) is 0 Å². The van der Waals surface area contributed by atoms with Crippen LogP contribution in [0.2, 0.25) is 0 Å². The second kappa shape index (κ2) is 11.9. The maximum absolute atomic E-state index is 12.5. The Morgan fingerprint density at radius 1 is 0.895 bits per heavy atom. The van der Waals surface area contributed by atoms with Gasteiger partial charge in [-0.05, 0) is 26.7 Å². The summed E-state index contributed by atoms with van der Waals surface area (Å²) in [5.41, 5.74) is 0. The van der Waals surface area contributed by atoms with E-state index in [1.54, 1.807) is 0 Å². The molecule has 0 amide bonds. The summed E-state index contributed by atoms with van der Waals surface area (Å²) in [7, 11) is -3.11. The molecule has 0 aliphatic carbocycles. The highest BCUT2D eigenvalue weighted by molar-refractivity contribution is 7.51. The van der Waals surface area contributed by atoms with Crippen molar-refractivity contribution >= 4 is 7.75 Å². The Bertz CT molecular complexity index is 239. The zero-order chi connectivity index (χ0) is 14.6. The Labute approximate surface area is 119 Å². The molecule has 0 aromatic carbocycles. The Morgan fingerprint density at radius 3 is 1.89 bits per heavy atom. The molecule has 0 saturated carbocycles. The van der Waals surface area contributed by atoms with Crippen LogP contribution in [0.1, 0.15) is 72.6 Å². The van der Waals surface area contributed by atoms with Crippen LogP contribution in [0.3, 0.4) is 0 Å². The van der Waals surface area contributed by atoms with Crippen molar-refractivity contribution in [3.63, 3.8) is 0 Å². The third-order valence-electron chi connectivity index (χ3n) is 3.00. The fourth-order valence-corrected chi connectivity index (χ4v) is 3.65. The third-order valence-corrected chi connectivity index (χ3v) is 4.88. The molecule has 1 unspecified atom stereocenters. The van der Waals surface area contributed by atoms with Crippen LogP contribution in [0.5, 0.6) is 0 Å². The smallest absolute Gasteiger partial charge is 0.297 e. The number of hydrogen-bond donors (Lipinski definition) is 1. The molecule has 0 heterocycles. The first kappa shape index (κ1) is 19.1. The van der Waals surface area contributed by atoms with Gasteiger partial charge in [0.2, 0.25) is 0 Å². The molecule has 0 aromatic heterocycles. The van der Waals surface area contributed by atoms with Crippen LogP contribution in [0, 0.1) is 0 Å². The van der Waals surface area contributed by atoms with E-state index in [1.807, 2.05) is 13.8 Å². The molecule has 0 aromatic rings. The summed E-state index contributed by atoms with van der Waals surface area (Å²) >= 11 is 0. The first-order chi connectivity index (χ1) is 9.11. The molecule has 0 saturated heterocycles. The van der Waals surface area contributed by atoms with Gasteiger partial charge in [0, 0.05) is 6.04 Å². The van der Waals surface area contributed by atoms with Crippen molar-refractivity contribution < 1.29 is 13.6 Å². The predicted octanol–water partition coefficient (Wildman–Crippen LogP) is 4.90. The van der Waals surface area contributed by atoms with Crippen molar-refractivity contribution in [2.45, 2.75) is 78.7 Å². The molecule has 4 nitrogen and oxygen atoms in total. The second-order valence-electron chi connectivity index (χ2n) is 4.80. The Balaban J connectivity index is 4.41. The summed E-state index contributed by atoms with van der Waals surface area (Å²) in [5.74, 6) is 0. The zero-order valence-electron chi connectivity index (χ0n) is 13.1. The highest BCUT2D eigenvalue weighted by Crippen LogP contribution is 2.44. The van der Waals surface area contributed by atoms with Gasteiger partial charge in [-0.3, -0.25) is 9.05 Å². The molecular formula is C14H32NO3P. The van der Waals surface area contributed by atoms with Gasteiger partial charge in [0.25, 0.3) is 0 Å². The summed E-state index contributed by atoms with van der Waals surface area (Å²) in [6.07, 6.45) is 7.95. The minimum Gasteiger partial charge on any atom is -0.297 e. The van der Waals surface area contributed by atoms with E-state index in [4.69, 9.17) is 9.05 Å². The molecule has 0 aliphatic heterocycles. The number of rotatable bonds is 13. The van der Waals surface area contributed by atoms with E-state index in [-0.39, 0.29) is 6.04 Å². The van der Waals surface area contributed by atoms with E-state index in [0.717, 1.165) is 32.1 Å². The molecule has 0 bridgehead atoms. The molecule has 0 radical (unpaired) electrons. The highest BCUT2D eigenvalue weighted by Gasteiger charge is 2.26. The Kier molecular flexibility index (Phi) is 12.0. The van der Waals surface area contributed by atoms with Crippen molar-refractivity contribution in [1.29, 1.82) is 0 Å². The molecule has 0 rings (SSSR count). The maximum Gasteiger partial charge on any atom is 0.405 e. The van der Waals surface area contributed by atoms with Crippen LogP contribution in [0.4, 0.5) is 0 Å². The molecule has 19 heavy (non-hydrogen) atoms. The van der Waals surface area contributed by atoms with Gasteiger partial charge < -0.3 is 0 Å². The van der Waals surface area contributed by atoms with Crippen molar-refractivity contribution in [3.8, 4) is 0 Å². The molecule has 5 heteroatoms. The van der Waals surface area contributed by atoms with Crippen LogP contribution in [-0.2, 0) is 13.6 Å². The quantitative estimate of drug-likeness (QED) is 0.388. The summed E-state index contributed by atoms with van der Waals surface area (Å²) in [6.45, 7) is 8.85. The lowest BCUT2D eigenvalue weighted by atomic mass is 10.0. The fourth-order valence-electron chi connectivity index (χ4n) is 2.04. The average Bonchev–Trinajstić information content (AvgIpc) is 2.36. The molecule has 1 atom stereocenters. The standard InChI is InChI=1S/C14H32NO3P/c1-5-9-11-13-14(12-10-6-2)15-19(16,17-7-3)18-8-4/h14H,5-13H2,1-4H3,(H,15,16). The van der Waals surface area contributed by atoms with Crippen LogP contribution >= 0.6 is 7.75 Å². The summed E-state index contributed by atoms with van der Waals surface area (Å²) in [5, 5.41) is 3.14. The van der Waals surface area contributed by atoms with Gasteiger partial charge in [0.05, 0.1) is 13.2 Å². The van der Waals surface area contributed by atoms with Gasteiger partial charge in [-0.25, -0.2) is 9.65 Å². The van der Waals surface area contributed by atoms with Gasteiger partial charge in [0.15, 0.2) is 0 Å². The molecular weight excluding hydrogens is 261 g/mol. The zero-order valence-corrected chi connectivity index (χ0v) is 14.0. The van der Waals surface area contributed by atoms with Crippen LogP contribution < -0.4 is 5.09 Å². The number of nitrogens with one attached hydrogen (secondary N) is 1. The largest absolute Gasteiger partial charge is 0.405 e. The minimum absolute atomic E-state index is 0.232. The lowest BCUT2D eigenvalue weighted by Gasteiger charge is -2.24. The minimum atomic E-state index is -3.11. The topological polar surface area (TPSA) is 47.6 Å². The molecule has 116 valence electrons. The second-order valence-corrected chi connectivity index (χ2v) is 6.57. The van der Waals surface area contributed by atoms with E-state index in [0.29, 0.717) is 13.2 Å². The summed E-state index contributed by atoms with van der Waals surface area (Å²) in [4.78, 5) is 0. The van der Waals surface area contributed by atoms with Gasteiger partial charge in [-0.2, -0.15) is 0 Å². The molecule has 1 N–H and O–H groups in total. The summed E-state index contributed by atoms with van der Waals surface area (Å²) < 4.78 is 23.1. The van der Waals surface area contributed by atoms with Crippen molar-refractivity contribution in [1.82, 2.24) is 5.09 Å². The van der Waals surface area contributed by atoms with Crippen LogP contribution in [0.25, 0.3) is 0 Å².